The molecule has 1 aliphatic carbocycles. The van der Waals surface area contributed by atoms with Crippen LogP contribution in [0, 0.1) is 0 Å². The summed E-state index contributed by atoms with van der Waals surface area (Å²) in [6.07, 6.45) is 6.41. The average Bonchev–Trinajstić information content (AvgIpc) is 2.55. The van der Waals surface area contributed by atoms with E-state index < -0.39 is 6.10 Å². The molecule has 100 valence electrons. The normalized spacial score (nSPS) is 19.4. The number of ether oxygens (including phenoxy) is 1. The van der Waals surface area contributed by atoms with Gasteiger partial charge in [0.2, 0.25) is 0 Å². The smallest absolute Gasteiger partial charge is 0.315 e. The fraction of sp³-hybridized carbons (Fsp3) is 0.917. The van der Waals surface area contributed by atoms with Crippen LogP contribution in [0.2, 0.25) is 0 Å². The van der Waals surface area contributed by atoms with Gasteiger partial charge < -0.3 is 20.5 Å². The lowest BCUT2D eigenvalue weighted by molar-refractivity contribution is 0.0659. The molecule has 5 heteroatoms. The second-order valence-corrected chi connectivity index (χ2v) is 4.65. The summed E-state index contributed by atoms with van der Waals surface area (Å²) in [5.74, 6) is 0. The molecular formula is C12H24N2O3. The van der Waals surface area contributed by atoms with Crippen LogP contribution in [-0.2, 0) is 4.74 Å². The monoisotopic (exact) mass is 244 g/mol. The number of aliphatic hydroxyl groups is 1. The van der Waals surface area contributed by atoms with Crippen LogP contribution in [0.1, 0.15) is 38.5 Å². The zero-order chi connectivity index (χ0) is 12.5. The minimum absolute atomic E-state index is 0.188. The summed E-state index contributed by atoms with van der Waals surface area (Å²) in [7, 11) is 1.52. The van der Waals surface area contributed by atoms with Gasteiger partial charge in [0, 0.05) is 19.7 Å². The van der Waals surface area contributed by atoms with Gasteiger partial charge in [0.05, 0.1) is 12.7 Å². The van der Waals surface area contributed by atoms with Crippen molar-refractivity contribution in [2.75, 3.05) is 20.3 Å². The van der Waals surface area contributed by atoms with Gasteiger partial charge >= 0.3 is 6.03 Å². The Kier molecular flexibility index (Phi) is 6.96. The van der Waals surface area contributed by atoms with Crippen LogP contribution in [0.4, 0.5) is 4.79 Å². The lowest BCUT2D eigenvalue weighted by Crippen LogP contribution is -2.45. The molecule has 0 aliphatic heterocycles. The highest BCUT2D eigenvalue weighted by molar-refractivity contribution is 5.74. The van der Waals surface area contributed by atoms with Gasteiger partial charge in [-0.25, -0.2) is 4.79 Å². The Morgan fingerprint density at radius 3 is 2.59 bits per heavy atom. The minimum atomic E-state index is -0.639. The molecule has 0 aromatic carbocycles. The van der Waals surface area contributed by atoms with Gasteiger partial charge in [-0.2, -0.15) is 0 Å². The van der Waals surface area contributed by atoms with Crippen molar-refractivity contribution in [3.63, 3.8) is 0 Å². The van der Waals surface area contributed by atoms with Crippen molar-refractivity contribution in [3.05, 3.63) is 0 Å². The number of rotatable bonds is 5. The summed E-state index contributed by atoms with van der Waals surface area (Å²) in [6, 6.07) is 0.101. The first kappa shape index (κ1) is 14.3. The fourth-order valence-corrected chi connectivity index (χ4v) is 2.12. The molecule has 1 rings (SSSR count). The molecule has 3 N–H and O–H groups in total. The van der Waals surface area contributed by atoms with Crippen LogP contribution in [-0.4, -0.2) is 43.5 Å². The maximum Gasteiger partial charge on any atom is 0.315 e. The highest BCUT2D eigenvalue weighted by Gasteiger charge is 2.14. The molecular weight excluding hydrogens is 220 g/mol. The van der Waals surface area contributed by atoms with E-state index in [4.69, 9.17) is 4.74 Å². The van der Waals surface area contributed by atoms with Crippen LogP contribution >= 0.6 is 0 Å². The lowest BCUT2D eigenvalue weighted by Gasteiger charge is -2.17. The van der Waals surface area contributed by atoms with Crippen molar-refractivity contribution in [2.24, 2.45) is 0 Å². The number of aliphatic hydroxyl groups excluding tert-OH is 1. The zero-order valence-electron chi connectivity index (χ0n) is 10.6. The second-order valence-electron chi connectivity index (χ2n) is 4.65. The van der Waals surface area contributed by atoms with Crippen LogP contribution < -0.4 is 10.6 Å². The summed E-state index contributed by atoms with van der Waals surface area (Å²) in [6.45, 7) is 0.468. The van der Waals surface area contributed by atoms with Gasteiger partial charge in [-0.3, -0.25) is 0 Å². The van der Waals surface area contributed by atoms with Crippen LogP contribution in [0.3, 0.4) is 0 Å². The summed E-state index contributed by atoms with van der Waals surface area (Å²) in [5.41, 5.74) is 0. The standard InChI is InChI=1S/C12H24N2O3/c1-17-9-11(15)8-13-12(16)14-10-6-4-2-3-5-7-10/h10-11,15H,2-9H2,1H3,(H2,13,14,16). The SMILES string of the molecule is COCC(O)CNC(=O)NC1CCCCCC1. The average molecular weight is 244 g/mol. The predicted molar refractivity (Wildman–Crippen MR) is 65.9 cm³/mol. The maximum atomic E-state index is 11.6. The first-order valence-electron chi connectivity index (χ1n) is 6.43. The Morgan fingerprint density at radius 1 is 1.35 bits per heavy atom. The third-order valence-electron chi connectivity index (χ3n) is 3.05. The molecule has 0 saturated heterocycles. The Morgan fingerprint density at radius 2 is 2.00 bits per heavy atom. The van der Waals surface area contributed by atoms with Gasteiger partial charge in [-0.05, 0) is 12.8 Å². The number of carbonyl (C=O) groups excluding carboxylic acids is 1. The Labute approximate surface area is 103 Å². The van der Waals surface area contributed by atoms with E-state index in [2.05, 4.69) is 10.6 Å². The molecule has 1 saturated carbocycles. The predicted octanol–water partition coefficient (Wildman–Crippen LogP) is 1.02. The molecule has 5 nitrogen and oxygen atoms in total. The van der Waals surface area contributed by atoms with Crippen molar-refractivity contribution in [2.45, 2.75) is 50.7 Å². The molecule has 1 unspecified atom stereocenters. The van der Waals surface area contributed by atoms with Crippen molar-refractivity contribution in [1.82, 2.24) is 10.6 Å². The number of carbonyl (C=O) groups is 1. The Balaban J connectivity index is 2.14. The number of hydrogen-bond donors (Lipinski definition) is 3. The molecule has 2 amide bonds. The summed E-state index contributed by atoms with van der Waals surface area (Å²) in [5, 5.41) is 15.0. The van der Waals surface area contributed by atoms with Crippen molar-refractivity contribution < 1.29 is 14.6 Å². The fourth-order valence-electron chi connectivity index (χ4n) is 2.12. The molecule has 1 aliphatic rings. The van der Waals surface area contributed by atoms with Crippen molar-refractivity contribution >= 4 is 6.03 Å². The molecule has 1 fully saturated rings. The van der Waals surface area contributed by atoms with E-state index in [-0.39, 0.29) is 25.2 Å². The molecule has 1 atom stereocenters. The summed E-state index contributed by atoms with van der Waals surface area (Å²) < 4.78 is 4.78. The number of amides is 2. The molecule has 0 radical (unpaired) electrons. The third-order valence-corrected chi connectivity index (χ3v) is 3.05. The highest BCUT2D eigenvalue weighted by Crippen LogP contribution is 2.16. The first-order chi connectivity index (χ1) is 8.22. The second kappa shape index (κ2) is 8.31. The van der Waals surface area contributed by atoms with E-state index in [9.17, 15) is 9.90 Å². The van der Waals surface area contributed by atoms with Crippen LogP contribution in [0.25, 0.3) is 0 Å². The quantitative estimate of drug-likeness (QED) is 0.632. The Bertz CT molecular complexity index is 216. The summed E-state index contributed by atoms with van der Waals surface area (Å²) in [4.78, 5) is 11.6. The zero-order valence-corrected chi connectivity index (χ0v) is 10.6. The number of nitrogens with one attached hydrogen (secondary N) is 2. The number of hydrogen-bond acceptors (Lipinski definition) is 3. The first-order valence-corrected chi connectivity index (χ1v) is 6.43. The molecule has 0 aromatic heterocycles. The third kappa shape index (κ3) is 6.48. The van der Waals surface area contributed by atoms with Crippen molar-refractivity contribution in [3.8, 4) is 0 Å². The number of methoxy groups -OCH3 is 1. The molecule has 0 bridgehead atoms. The van der Waals surface area contributed by atoms with Gasteiger partial charge in [-0.1, -0.05) is 25.7 Å². The Hall–Kier alpha value is -0.810. The van der Waals surface area contributed by atoms with Crippen LogP contribution in [0.15, 0.2) is 0 Å². The summed E-state index contributed by atoms with van der Waals surface area (Å²) >= 11 is 0. The van der Waals surface area contributed by atoms with Crippen LogP contribution in [0.5, 0.6) is 0 Å². The highest BCUT2D eigenvalue weighted by atomic mass is 16.5. The maximum absolute atomic E-state index is 11.6. The van der Waals surface area contributed by atoms with E-state index in [0.717, 1.165) is 12.8 Å². The molecule has 0 heterocycles. The van der Waals surface area contributed by atoms with Gasteiger partial charge in [0.15, 0.2) is 0 Å². The largest absolute Gasteiger partial charge is 0.389 e. The van der Waals surface area contributed by atoms with Gasteiger partial charge in [0.1, 0.15) is 0 Å². The van der Waals surface area contributed by atoms with Gasteiger partial charge in [0.25, 0.3) is 0 Å². The topological polar surface area (TPSA) is 70.6 Å². The van der Waals surface area contributed by atoms with E-state index >= 15 is 0 Å². The lowest BCUT2D eigenvalue weighted by atomic mass is 10.1. The van der Waals surface area contributed by atoms with E-state index in [1.54, 1.807) is 0 Å². The van der Waals surface area contributed by atoms with Gasteiger partial charge in [-0.15, -0.1) is 0 Å². The number of urea groups is 1. The minimum Gasteiger partial charge on any atom is -0.389 e. The van der Waals surface area contributed by atoms with E-state index in [1.807, 2.05) is 0 Å². The molecule has 0 spiro atoms. The molecule has 0 aromatic rings. The van der Waals surface area contributed by atoms with E-state index in [0.29, 0.717) is 0 Å². The molecule has 17 heavy (non-hydrogen) atoms. The van der Waals surface area contributed by atoms with E-state index in [1.165, 1.54) is 32.8 Å². The van der Waals surface area contributed by atoms with Crippen molar-refractivity contribution in [1.29, 1.82) is 0 Å².